The molecule has 108 valence electrons. The fourth-order valence-corrected chi connectivity index (χ4v) is 2.69. The number of hydrogen-bond donors (Lipinski definition) is 2. The van der Waals surface area contributed by atoms with E-state index >= 15 is 0 Å². The first kappa shape index (κ1) is 13.5. The second-order valence-electron chi connectivity index (χ2n) is 5.29. The maximum atomic E-state index is 10.6. The van der Waals surface area contributed by atoms with Crippen LogP contribution >= 0.6 is 0 Å². The van der Waals surface area contributed by atoms with E-state index < -0.39 is 6.09 Å². The molecule has 0 bridgehead atoms. The lowest BCUT2D eigenvalue weighted by Gasteiger charge is -2.12. The van der Waals surface area contributed by atoms with Crippen molar-refractivity contribution in [3.05, 3.63) is 53.6 Å². The SMILES string of the molecule is Cc1cccc(-c2cccc3c2OC(CNC(=O)O)C3)c1. The van der Waals surface area contributed by atoms with Crippen LogP contribution in [0.4, 0.5) is 4.79 Å². The van der Waals surface area contributed by atoms with Crippen molar-refractivity contribution < 1.29 is 14.6 Å². The Kier molecular flexibility index (Phi) is 3.52. The molecule has 1 amide bonds. The Balaban J connectivity index is 1.88. The van der Waals surface area contributed by atoms with E-state index in [1.165, 1.54) is 5.56 Å². The fourth-order valence-electron chi connectivity index (χ4n) is 2.69. The van der Waals surface area contributed by atoms with Gasteiger partial charge >= 0.3 is 6.09 Å². The van der Waals surface area contributed by atoms with Gasteiger partial charge in [-0.3, -0.25) is 0 Å². The number of rotatable bonds is 3. The molecule has 1 aliphatic heterocycles. The van der Waals surface area contributed by atoms with Crippen LogP contribution in [0.5, 0.6) is 5.75 Å². The second-order valence-corrected chi connectivity index (χ2v) is 5.29. The van der Waals surface area contributed by atoms with E-state index in [-0.39, 0.29) is 6.10 Å². The number of benzene rings is 2. The van der Waals surface area contributed by atoms with Crippen molar-refractivity contribution in [2.24, 2.45) is 0 Å². The normalized spacial score (nSPS) is 16.1. The first-order chi connectivity index (χ1) is 10.1. The molecule has 0 radical (unpaired) electrons. The van der Waals surface area contributed by atoms with Crippen LogP contribution in [0.1, 0.15) is 11.1 Å². The highest BCUT2D eigenvalue weighted by Gasteiger charge is 2.25. The van der Waals surface area contributed by atoms with Crippen molar-refractivity contribution in [2.45, 2.75) is 19.4 Å². The molecule has 1 heterocycles. The maximum absolute atomic E-state index is 10.6. The van der Waals surface area contributed by atoms with E-state index in [1.807, 2.05) is 24.3 Å². The molecule has 0 fully saturated rings. The Bertz CT molecular complexity index is 681. The van der Waals surface area contributed by atoms with E-state index in [2.05, 4.69) is 30.4 Å². The molecule has 2 aromatic rings. The molecule has 2 aromatic carbocycles. The molecular formula is C17H17NO3. The highest BCUT2D eigenvalue weighted by Crippen LogP contribution is 2.38. The lowest BCUT2D eigenvalue weighted by atomic mass is 9.99. The Morgan fingerprint density at radius 1 is 1.33 bits per heavy atom. The quantitative estimate of drug-likeness (QED) is 0.909. The Labute approximate surface area is 123 Å². The molecule has 3 rings (SSSR count). The highest BCUT2D eigenvalue weighted by atomic mass is 16.5. The van der Waals surface area contributed by atoms with Crippen LogP contribution in [0.2, 0.25) is 0 Å². The number of carbonyl (C=O) groups is 1. The standard InChI is InChI=1S/C17H17NO3/c1-11-4-2-5-12(8-11)15-7-3-6-13-9-14(21-16(13)15)10-18-17(19)20/h2-8,14,18H,9-10H2,1H3,(H,19,20). The summed E-state index contributed by atoms with van der Waals surface area (Å²) in [6.07, 6.45) is -0.426. The van der Waals surface area contributed by atoms with Gasteiger partial charge in [-0.15, -0.1) is 0 Å². The van der Waals surface area contributed by atoms with Crippen LogP contribution in [0, 0.1) is 6.92 Å². The zero-order chi connectivity index (χ0) is 14.8. The van der Waals surface area contributed by atoms with Crippen LogP contribution in [-0.2, 0) is 6.42 Å². The van der Waals surface area contributed by atoms with Crippen molar-refractivity contribution in [3.8, 4) is 16.9 Å². The summed E-state index contributed by atoms with van der Waals surface area (Å²) in [5, 5.41) is 11.1. The Morgan fingerprint density at radius 3 is 2.90 bits per heavy atom. The molecule has 4 nitrogen and oxygen atoms in total. The van der Waals surface area contributed by atoms with Crippen molar-refractivity contribution >= 4 is 6.09 Å². The van der Waals surface area contributed by atoms with Gasteiger partial charge in [-0.1, -0.05) is 48.0 Å². The third kappa shape index (κ3) is 2.84. The minimum atomic E-state index is -1.02. The number of aryl methyl sites for hydroxylation is 1. The smallest absolute Gasteiger partial charge is 0.404 e. The Hall–Kier alpha value is -2.49. The third-order valence-electron chi connectivity index (χ3n) is 3.64. The molecule has 1 unspecified atom stereocenters. The molecule has 0 saturated heterocycles. The summed E-state index contributed by atoms with van der Waals surface area (Å²) in [6, 6.07) is 14.4. The van der Waals surface area contributed by atoms with Crippen LogP contribution in [0.15, 0.2) is 42.5 Å². The van der Waals surface area contributed by atoms with E-state index in [1.54, 1.807) is 0 Å². The number of amides is 1. The summed E-state index contributed by atoms with van der Waals surface area (Å²) in [7, 11) is 0. The molecule has 0 aromatic heterocycles. The molecule has 0 aliphatic carbocycles. The average molecular weight is 283 g/mol. The predicted octanol–water partition coefficient (Wildman–Crippen LogP) is 3.23. The second kappa shape index (κ2) is 5.48. The summed E-state index contributed by atoms with van der Waals surface area (Å²) < 4.78 is 5.96. The van der Waals surface area contributed by atoms with Gasteiger partial charge < -0.3 is 15.2 Å². The van der Waals surface area contributed by atoms with Gasteiger partial charge in [0.25, 0.3) is 0 Å². The number of fused-ring (bicyclic) bond motifs is 1. The summed E-state index contributed by atoms with van der Waals surface area (Å²) in [5.74, 6) is 0.875. The van der Waals surface area contributed by atoms with E-state index in [9.17, 15) is 4.79 Å². The number of ether oxygens (including phenoxy) is 1. The molecule has 1 atom stereocenters. The van der Waals surface area contributed by atoms with Crippen molar-refractivity contribution in [1.29, 1.82) is 0 Å². The third-order valence-corrected chi connectivity index (χ3v) is 3.64. The Morgan fingerprint density at radius 2 is 2.14 bits per heavy atom. The first-order valence-corrected chi connectivity index (χ1v) is 6.96. The predicted molar refractivity (Wildman–Crippen MR) is 80.8 cm³/mol. The van der Waals surface area contributed by atoms with Gasteiger partial charge in [0, 0.05) is 12.0 Å². The van der Waals surface area contributed by atoms with Crippen LogP contribution < -0.4 is 10.1 Å². The van der Waals surface area contributed by atoms with E-state index in [4.69, 9.17) is 9.84 Å². The largest absolute Gasteiger partial charge is 0.487 e. The maximum Gasteiger partial charge on any atom is 0.404 e. The van der Waals surface area contributed by atoms with Gasteiger partial charge in [0.15, 0.2) is 0 Å². The van der Waals surface area contributed by atoms with E-state index in [0.717, 1.165) is 28.9 Å². The van der Waals surface area contributed by atoms with Crippen LogP contribution in [0.3, 0.4) is 0 Å². The van der Waals surface area contributed by atoms with Crippen molar-refractivity contribution in [3.63, 3.8) is 0 Å². The van der Waals surface area contributed by atoms with Crippen molar-refractivity contribution in [2.75, 3.05) is 6.54 Å². The number of hydrogen-bond acceptors (Lipinski definition) is 2. The first-order valence-electron chi connectivity index (χ1n) is 6.96. The lowest BCUT2D eigenvalue weighted by molar-refractivity contribution is 0.181. The molecule has 0 saturated carbocycles. The summed E-state index contributed by atoms with van der Waals surface area (Å²) in [6.45, 7) is 2.37. The van der Waals surface area contributed by atoms with Gasteiger partial charge in [0.2, 0.25) is 0 Å². The highest BCUT2D eigenvalue weighted by molar-refractivity contribution is 5.73. The summed E-state index contributed by atoms with van der Waals surface area (Å²) in [4.78, 5) is 10.6. The molecule has 2 N–H and O–H groups in total. The van der Waals surface area contributed by atoms with Gasteiger partial charge in [-0.25, -0.2) is 4.79 Å². The minimum Gasteiger partial charge on any atom is -0.487 e. The molecule has 4 heteroatoms. The van der Waals surface area contributed by atoms with Gasteiger partial charge in [-0.05, 0) is 18.1 Å². The van der Waals surface area contributed by atoms with Gasteiger partial charge in [-0.2, -0.15) is 0 Å². The molecule has 21 heavy (non-hydrogen) atoms. The number of carboxylic acid groups (broad SMARTS) is 1. The fraction of sp³-hybridized carbons (Fsp3) is 0.235. The van der Waals surface area contributed by atoms with Crippen LogP contribution in [-0.4, -0.2) is 23.8 Å². The summed E-state index contributed by atoms with van der Waals surface area (Å²) in [5.41, 5.74) is 4.52. The van der Waals surface area contributed by atoms with Crippen molar-refractivity contribution in [1.82, 2.24) is 5.32 Å². The monoisotopic (exact) mass is 283 g/mol. The minimum absolute atomic E-state index is 0.137. The zero-order valence-electron chi connectivity index (χ0n) is 11.8. The van der Waals surface area contributed by atoms with Gasteiger partial charge in [0.1, 0.15) is 11.9 Å². The molecule has 0 spiro atoms. The van der Waals surface area contributed by atoms with E-state index in [0.29, 0.717) is 6.54 Å². The van der Waals surface area contributed by atoms with Crippen LogP contribution in [0.25, 0.3) is 11.1 Å². The zero-order valence-corrected chi connectivity index (χ0v) is 11.8. The number of para-hydroxylation sites is 1. The number of nitrogens with one attached hydrogen (secondary N) is 1. The summed E-state index contributed by atoms with van der Waals surface area (Å²) >= 11 is 0. The molecular weight excluding hydrogens is 266 g/mol. The van der Waals surface area contributed by atoms with Gasteiger partial charge in [0.05, 0.1) is 6.54 Å². The topological polar surface area (TPSA) is 58.6 Å². The molecule has 1 aliphatic rings. The average Bonchev–Trinajstić information content (AvgIpc) is 2.88. The lowest BCUT2D eigenvalue weighted by Crippen LogP contribution is -2.33.